The maximum atomic E-state index is 14.4. The molecule has 2 fully saturated rings. The van der Waals surface area contributed by atoms with Crippen LogP contribution in [0.15, 0.2) is 30.3 Å². The number of aliphatic hydroxyl groups excluding tert-OH is 2. The number of benzene rings is 1. The highest BCUT2D eigenvalue weighted by Crippen LogP contribution is 2.27. The Hall–Kier alpha value is -6.36. The molecule has 12 atom stereocenters. The number of aliphatic hydroxyl groups is 2. The minimum absolute atomic E-state index is 0.0580. The van der Waals surface area contributed by atoms with Crippen LogP contribution >= 0.6 is 0 Å². The zero-order valence-corrected chi connectivity index (χ0v) is 45.4. The number of carbonyl (C=O) groups excluding carboxylic acids is 10. The summed E-state index contributed by atoms with van der Waals surface area (Å²) in [5, 5.41) is 46.7. The summed E-state index contributed by atoms with van der Waals surface area (Å²) in [6.07, 6.45) is 0.673. The molecule has 3 rings (SSSR count). The summed E-state index contributed by atoms with van der Waals surface area (Å²) < 4.78 is 0. The highest BCUT2D eigenvalue weighted by atomic mass is 16.3. The fraction of sp³-hybridized carbons (Fsp3) is 0.686. The second kappa shape index (κ2) is 33.8. The van der Waals surface area contributed by atoms with E-state index in [9.17, 15) is 58.2 Å². The van der Waals surface area contributed by atoms with Crippen LogP contribution in [-0.4, -0.2) is 175 Å². The maximum absolute atomic E-state index is 14.4. The standard InChI is InChI=1S/C51H87N15O12/c1-27(2)23-37-47(74)60-33(15-19-52)43(70)59-35(17-21-54)46(73)66-41(28(3)67)50(77)57-22-18-36(45(72)58-34(16-20-53)44(71)63-38(48(75)62-37)24-30-11-7-5-8-12-30)61-49(76)39(26-55)64-51(78)42(29(4)68)65-40(69)25-32(56)31-13-9-6-10-14-31/h5,7-8,11-12,27-29,31-39,41-42,67-68H,6,9-10,13-26,52-56H2,1-4H3,(H,57,77)(H,58,72)(H,59,70)(H,60,74)(H,61,76)(H,62,75)(H,63,71)(H,64,78)(H,65,69)(H,66,73)/t28?,29?,32?,33-,34-,35-,36-,37-,38+,39-,41-,42-/m0/s1. The van der Waals surface area contributed by atoms with Crippen LogP contribution in [0.4, 0.5) is 0 Å². The molecule has 27 nitrogen and oxygen atoms in total. The molecule has 2 aliphatic rings. The van der Waals surface area contributed by atoms with Crippen LogP contribution in [0.2, 0.25) is 0 Å². The summed E-state index contributed by atoms with van der Waals surface area (Å²) in [5.41, 5.74) is 30.5. The van der Waals surface area contributed by atoms with Crippen molar-refractivity contribution in [2.75, 3.05) is 32.7 Å². The van der Waals surface area contributed by atoms with Crippen LogP contribution in [0.5, 0.6) is 0 Å². The van der Waals surface area contributed by atoms with Gasteiger partial charge in [0.2, 0.25) is 59.1 Å². The fourth-order valence-electron chi connectivity index (χ4n) is 9.15. The fourth-order valence-corrected chi connectivity index (χ4v) is 9.15. The molecule has 0 spiro atoms. The number of nitrogens with two attached hydrogens (primary N) is 5. The lowest BCUT2D eigenvalue weighted by atomic mass is 9.83. The maximum Gasteiger partial charge on any atom is 0.245 e. The van der Waals surface area contributed by atoms with Crippen molar-refractivity contribution in [3.63, 3.8) is 0 Å². The lowest BCUT2D eigenvalue weighted by Crippen LogP contribution is -2.62. The van der Waals surface area contributed by atoms with Crippen LogP contribution in [0.1, 0.15) is 104 Å². The predicted octanol–water partition coefficient (Wildman–Crippen LogP) is -5.78. The highest BCUT2D eigenvalue weighted by Gasteiger charge is 2.37. The normalized spacial score (nSPS) is 25.0. The number of nitrogens with one attached hydrogen (secondary N) is 10. The minimum atomic E-state index is -1.67. The molecule has 0 bridgehead atoms. The van der Waals surface area contributed by atoms with Gasteiger partial charge in [0.1, 0.15) is 54.4 Å². The van der Waals surface area contributed by atoms with Gasteiger partial charge in [0, 0.05) is 32.0 Å². The van der Waals surface area contributed by atoms with E-state index < -0.39 is 151 Å². The van der Waals surface area contributed by atoms with E-state index in [1.807, 2.05) is 0 Å². The molecule has 1 heterocycles. The highest BCUT2D eigenvalue weighted by molar-refractivity contribution is 5.99. The molecule has 10 amide bonds. The average Bonchev–Trinajstić information content (AvgIpc) is 3.39. The zero-order valence-electron chi connectivity index (χ0n) is 45.4. The lowest BCUT2D eigenvalue weighted by molar-refractivity contribution is -0.136. The number of carbonyl (C=O) groups is 10. The van der Waals surface area contributed by atoms with E-state index in [2.05, 4.69) is 53.2 Å². The monoisotopic (exact) mass is 1100 g/mol. The minimum Gasteiger partial charge on any atom is -0.391 e. The van der Waals surface area contributed by atoms with Crippen molar-refractivity contribution >= 4 is 59.1 Å². The molecule has 1 aliphatic heterocycles. The van der Waals surface area contributed by atoms with Crippen molar-refractivity contribution in [3.8, 4) is 0 Å². The topological polar surface area (TPSA) is 462 Å². The predicted molar refractivity (Wildman–Crippen MR) is 287 cm³/mol. The first-order valence-electron chi connectivity index (χ1n) is 27.0. The Balaban J connectivity index is 2.06. The Morgan fingerprint density at radius 3 is 1.63 bits per heavy atom. The van der Waals surface area contributed by atoms with E-state index in [1.54, 1.807) is 44.2 Å². The van der Waals surface area contributed by atoms with Gasteiger partial charge in [0.15, 0.2) is 0 Å². The molecule has 0 aromatic heterocycles. The van der Waals surface area contributed by atoms with Crippen LogP contribution in [0.3, 0.4) is 0 Å². The number of hydrogen-bond acceptors (Lipinski definition) is 17. The first kappa shape index (κ1) is 65.9. The molecule has 78 heavy (non-hydrogen) atoms. The third-order valence-electron chi connectivity index (χ3n) is 13.6. The Bertz CT molecular complexity index is 2150. The van der Waals surface area contributed by atoms with Crippen molar-refractivity contribution in [3.05, 3.63) is 35.9 Å². The van der Waals surface area contributed by atoms with Crippen LogP contribution in [-0.2, 0) is 54.4 Å². The van der Waals surface area contributed by atoms with Gasteiger partial charge in [-0.25, -0.2) is 0 Å². The van der Waals surface area contributed by atoms with E-state index in [4.69, 9.17) is 28.7 Å². The summed E-state index contributed by atoms with van der Waals surface area (Å²) >= 11 is 0. The Morgan fingerprint density at radius 1 is 0.615 bits per heavy atom. The van der Waals surface area contributed by atoms with E-state index in [0.717, 1.165) is 32.1 Å². The van der Waals surface area contributed by atoms with E-state index >= 15 is 0 Å². The SMILES string of the molecule is CC(C)C[C@@H]1NC(=O)[C@@H](Cc2ccccc2)NC(=O)[C@H](CCN)NC(=O)[C@@H](NC(=O)[C@H](CN)NC(=O)[C@@H](NC(=O)CC(N)C2CCCCC2)C(C)O)CCNC(=O)[C@H](C(C)O)NC(=O)[C@H](CCN)NC(=O)[C@H](CCN)NC1=O. The Kier molecular flexibility index (Phi) is 28.6. The van der Waals surface area contributed by atoms with Crippen molar-refractivity contribution in [1.29, 1.82) is 0 Å². The molecular formula is C51H87N15O12. The van der Waals surface area contributed by atoms with E-state index in [-0.39, 0.29) is 70.0 Å². The third kappa shape index (κ3) is 21.8. The third-order valence-corrected chi connectivity index (χ3v) is 13.6. The first-order valence-corrected chi connectivity index (χ1v) is 27.0. The van der Waals surface area contributed by atoms with Gasteiger partial charge in [0.25, 0.3) is 0 Å². The molecule has 1 saturated carbocycles. The molecule has 1 aromatic carbocycles. The van der Waals surface area contributed by atoms with Gasteiger partial charge >= 0.3 is 0 Å². The van der Waals surface area contributed by atoms with Crippen molar-refractivity contribution in [1.82, 2.24) is 53.2 Å². The first-order chi connectivity index (χ1) is 37.0. The molecule has 1 saturated heterocycles. The van der Waals surface area contributed by atoms with Gasteiger partial charge in [-0.05, 0) is 95.8 Å². The summed E-state index contributed by atoms with van der Waals surface area (Å²) in [7, 11) is 0. The molecular weight excluding hydrogens is 1010 g/mol. The molecule has 1 aliphatic carbocycles. The Labute approximate surface area is 455 Å². The van der Waals surface area contributed by atoms with Crippen LogP contribution in [0, 0.1) is 11.8 Å². The molecule has 22 N–H and O–H groups in total. The second-order valence-corrected chi connectivity index (χ2v) is 20.6. The largest absolute Gasteiger partial charge is 0.391 e. The van der Waals surface area contributed by atoms with Gasteiger partial charge in [-0.2, -0.15) is 0 Å². The van der Waals surface area contributed by atoms with Gasteiger partial charge in [-0.1, -0.05) is 63.4 Å². The quantitative estimate of drug-likeness (QED) is 0.0545. The van der Waals surface area contributed by atoms with Crippen molar-refractivity contribution in [2.45, 2.75) is 177 Å². The number of amides is 10. The van der Waals surface area contributed by atoms with Crippen molar-refractivity contribution in [2.24, 2.45) is 40.5 Å². The lowest BCUT2D eigenvalue weighted by Gasteiger charge is -2.29. The molecule has 27 heteroatoms. The van der Waals surface area contributed by atoms with E-state index in [1.165, 1.54) is 13.8 Å². The van der Waals surface area contributed by atoms with Gasteiger partial charge in [0.05, 0.1) is 12.2 Å². The van der Waals surface area contributed by atoms with Gasteiger partial charge in [-0.3, -0.25) is 47.9 Å². The zero-order chi connectivity index (χ0) is 58.1. The Morgan fingerprint density at radius 2 is 1.12 bits per heavy atom. The summed E-state index contributed by atoms with van der Waals surface area (Å²) in [6.45, 7) is 4.63. The second-order valence-electron chi connectivity index (χ2n) is 20.6. The molecule has 3 unspecified atom stereocenters. The average molecular weight is 1100 g/mol. The molecule has 0 radical (unpaired) electrons. The number of hydrogen-bond donors (Lipinski definition) is 17. The van der Waals surface area contributed by atoms with Crippen LogP contribution in [0.25, 0.3) is 0 Å². The van der Waals surface area contributed by atoms with Crippen LogP contribution < -0.4 is 81.8 Å². The molecule has 1 aromatic rings. The van der Waals surface area contributed by atoms with Crippen molar-refractivity contribution < 1.29 is 58.2 Å². The smallest absolute Gasteiger partial charge is 0.245 e. The van der Waals surface area contributed by atoms with Gasteiger partial charge in [-0.15, -0.1) is 0 Å². The summed E-state index contributed by atoms with van der Waals surface area (Å²) in [6, 6.07) is -5.24. The van der Waals surface area contributed by atoms with Gasteiger partial charge < -0.3 is 92.0 Å². The molecule has 438 valence electrons. The van der Waals surface area contributed by atoms with E-state index in [0.29, 0.717) is 5.56 Å². The number of rotatable bonds is 21. The summed E-state index contributed by atoms with van der Waals surface area (Å²) in [5.74, 6) is -9.01. The summed E-state index contributed by atoms with van der Waals surface area (Å²) in [4.78, 5) is 139.